The van der Waals surface area contributed by atoms with Crippen LogP contribution in [0.15, 0.2) is 0 Å². The van der Waals surface area contributed by atoms with Crippen molar-refractivity contribution in [3.8, 4) is 0 Å². The number of aliphatic hydroxyl groups excluding tert-OH is 1. The first kappa shape index (κ1) is 23.8. The Kier molecular flexibility index (Phi) is 14.8. The molecule has 0 spiro atoms. The molecule has 0 bridgehead atoms. The molecule has 2 atom stereocenters. The van der Waals surface area contributed by atoms with Crippen LogP contribution in [0.1, 0.15) is 71.6 Å². The van der Waals surface area contributed by atoms with Gasteiger partial charge in [-0.1, -0.05) is 52.4 Å². The molecule has 0 rings (SSSR count). The number of hydrogen-bond donors (Lipinski definition) is 1. The number of ketones is 1. The van der Waals surface area contributed by atoms with Crippen molar-refractivity contribution in [3.05, 3.63) is 0 Å². The van der Waals surface area contributed by atoms with Crippen molar-refractivity contribution < 1.29 is 52.4 Å². The Morgan fingerprint density at radius 1 is 1.05 bits per heavy atom. The van der Waals surface area contributed by atoms with E-state index in [1.165, 1.54) is 0 Å². The summed E-state index contributed by atoms with van der Waals surface area (Å²) in [5.74, 6) is -1.37. The molecule has 0 fully saturated rings. The molecule has 0 aromatic rings. The molecular weight excluding hydrogens is 303 g/mol. The third kappa shape index (κ3) is 10.8. The summed E-state index contributed by atoms with van der Waals surface area (Å²) in [6, 6.07) is 0. The van der Waals surface area contributed by atoms with Crippen LogP contribution in [-0.2, 0) is 14.9 Å². The molecular formula is C14H27NaO5S. The Morgan fingerprint density at radius 2 is 1.57 bits per heavy atom. The van der Waals surface area contributed by atoms with Gasteiger partial charge in [0, 0.05) is 6.42 Å². The average molecular weight is 330 g/mol. The average Bonchev–Trinajstić information content (AvgIpc) is 2.37. The van der Waals surface area contributed by atoms with E-state index < -0.39 is 21.5 Å². The predicted octanol–water partition coefficient (Wildman–Crippen LogP) is -0.410. The molecule has 7 heteroatoms. The summed E-state index contributed by atoms with van der Waals surface area (Å²) in [5.41, 5.74) is -2.10. The number of unbranched alkanes of at least 4 members (excludes halogenated alkanes) is 5. The topological polar surface area (TPSA) is 94.5 Å². The minimum atomic E-state index is -4.83. The Labute approximate surface area is 150 Å². The smallest absolute Gasteiger partial charge is 0.746 e. The summed E-state index contributed by atoms with van der Waals surface area (Å²) in [6.45, 7) is 4.01. The van der Waals surface area contributed by atoms with Crippen LogP contribution in [0.5, 0.6) is 0 Å². The van der Waals surface area contributed by atoms with Gasteiger partial charge in [0.05, 0.1) is 5.92 Å². The monoisotopic (exact) mass is 330 g/mol. The van der Waals surface area contributed by atoms with Gasteiger partial charge in [-0.15, -0.1) is 0 Å². The summed E-state index contributed by atoms with van der Waals surface area (Å²) in [6.07, 6.45) is 6.78. The fourth-order valence-corrected chi connectivity index (χ4v) is 2.87. The van der Waals surface area contributed by atoms with Gasteiger partial charge in [-0.05, 0) is 12.8 Å². The second-order valence-corrected chi connectivity index (χ2v) is 6.73. The molecule has 1 N–H and O–H groups in total. The van der Waals surface area contributed by atoms with Crippen molar-refractivity contribution in [1.82, 2.24) is 0 Å². The molecule has 0 radical (unpaired) electrons. The van der Waals surface area contributed by atoms with Gasteiger partial charge in [0.1, 0.15) is 15.9 Å². The molecule has 0 saturated heterocycles. The first-order chi connectivity index (χ1) is 9.34. The quantitative estimate of drug-likeness (QED) is 0.298. The Morgan fingerprint density at radius 3 is 2.05 bits per heavy atom. The fourth-order valence-electron chi connectivity index (χ4n) is 2.18. The zero-order chi connectivity index (χ0) is 15.6. The number of carbonyl (C=O) groups is 1. The molecule has 0 amide bonds. The minimum absolute atomic E-state index is 0. The van der Waals surface area contributed by atoms with Crippen molar-refractivity contribution in [2.75, 3.05) is 0 Å². The largest absolute Gasteiger partial charge is 1.00 e. The van der Waals surface area contributed by atoms with E-state index in [1.807, 2.05) is 6.92 Å². The van der Waals surface area contributed by atoms with Crippen LogP contribution in [0.3, 0.4) is 0 Å². The van der Waals surface area contributed by atoms with Gasteiger partial charge >= 0.3 is 29.6 Å². The van der Waals surface area contributed by atoms with Gasteiger partial charge in [0.15, 0.2) is 5.44 Å². The van der Waals surface area contributed by atoms with Crippen LogP contribution in [0.25, 0.3) is 0 Å². The van der Waals surface area contributed by atoms with E-state index in [-0.39, 0.29) is 48.2 Å². The number of carbonyl (C=O) groups excluding carboxylic acids is 1. The molecule has 21 heavy (non-hydrogen) atoms. The zero-order valence-electron chi connectivity index (χ0n) is 13.5. The summed E-state index contributed by atoms with van der Waals surface area (Å²) in [4.78, 5) is 12.0. The van der Waals surface area contributed by atoms with Crippen molar-refractivity contribution in [1.29, 1.82) is 0 Å². The molecule has 0 aromatic carbocycles. The van der Waals surface area contributed by atoms with E-state index in [1.54, 1.807) is 0 Å². The maximum atomic E-state index is 12.0. The number of rotatable bonds is 12. The van der Waals surface area contributed by atoms with Gasteiger partial charge in [-0.25, -0.2) is 8.42 Å². The van der Waals surface area contributed by atoms with Gasteiger partial charge in [-0.2, -0.15) is 0 Å². The fraction of sp³-hybridized carbons (Fsp3) is 0.929. The van der Waals surface area contributed by atoms with Crippen LogP contribution in [0.4, 0.5) is 0 Å². The first-order valence-electron chi connectivity index (χ1n) is 7.50. The maximum Gasteiger partial charge on any atom is 1.00 e. The molecule has 5 nitrogen and oxygen atoms in total. The van der Waals surface area contributed by atoms with Gasteiger partial charge in [0.2, 0.25) is 0 Å². The SMILES string of the molecule is CCCCCCCC(=O)C(CCCC)C(O)S(=O)(=O)[O-].[Na+]. The van der Waals surface area contributed by atoms with Crippen molar-refractivity contribution in [2.45, 2.75) is 77.1 Å². The summed E-state index contributed by atoms with van der Waals surface area (Å²) in [7, 11) is -4.83. The molecule has 0 aromatic heterocycles. The normalized spacial score (nSPS) is 14.3. The van der Waals surface area contributed by atoms with Crippen molar-refractivity contribution >= 4 is 15.9 Å². The van der Waals surface area contributed by atoms with Crippen LogP contribution in [0, 0.1) is 5.92 Å². The first-order valence-corrected chi connectivity index (χ1v) is 8.97. The van der Waals surface area contributed by atoms with Gasteiger partial charge in [-0.3, -0.25) is 4.79 Å². The third-order valence-corrected chi connectivity index (χ3v) is 4.37. The Balaban J connectivity index is 0. The van der Waals surface area contributed by atoms with E-state index in [4.69, 9.17) is 0 Å². The van der Waals surface area contributed by atoms with E-state index in [2.05, 4.69) is 6.92 Å². The molecule has 0 aliphatic rings. The van der Waals surface area contributed by atoms with Crippen molar-refractivity contribution in [2.24, 2.45) is 5.92 Å². The predicted molar refractivity (Wildman–Crippen MR) is 77.1 cm³/mol. The van der Waals surface area contributed by atoms with Crippen LogP contribution >= 0.6 is 0 Å². The Hall–Kier alpha value is 0.540. The summed E-state index contributed by atoms with van der Waals surface area (Å²) < 4.78 is 32.7. The maximum absolute atomic E-state index is 12.0. The number of aliphatic hydroxyl groups is 1. The molecule has 0 aliphatic carbocycles. The van der Waals surface area contributed by atoms with E-state index in [9.17, 15) is 22.9 Å². The third-order valence-electron chi connectivity index (χ3n) is 3.45. The molecule has 120 valence electrons. The van der Waals surface area contributed by atoms with Gasteiger partial charge in [0.25, 0.3) is 0 Å². The minimum Gasteiger partial charge on any atom is -0.746 e. The van der Waals surface area contributed by atoms with E-state index >= 15 is 0 Å². The van der Waals surface area contributed by atoms with Crippen LogP contribution in [-0.4, -0.2) is 29.3 Å². The molecule has 2 unspecified atom stereocenters. The molecule has 0 heterocycles. The number of Topliss-reactive ketones (excluding diaryl/α,β-unsaturated/α-hetero) is 1. The van der Waals surface area contributed by atoms with E-state index in [0.29, 0.717) is 12.8 Å². The van der Waals surface area contributed by atoms with Crippen LogP contribution in [0.2, 0.25) is 0 Å². The second-order valence-electron chi connectivity index (χ2n) is 5.26. The van der Waals surface area contributed by atoms with E-state index in [0.717, 1.165) is 32.1 Å². The second kappa shape index (κ2) is 13.0. The summed E-state index contributed by atoms with van der Waals surface area (Å²) >= 11 is 0. The molecule has 0 saturated carbocycles. The Bertz CT molecular complexity index is 370. The van der Waals surface area contributed by atoms with Crippen molar-refractivity contribution in [3.63, 3.8) is 0 Å². The van der Waals surface area contributed by atoms with Crippen LogP contribution < -0.4 is 29.6 Å². The molecule has 0 aliphatic heterocycles. The standard InChI is InChI=1S/C14H28O5S.Na/c1-3-5-7-8-9-11-13(15)12(10-6-4-2)14(16)20(17,18)19;/h12,14,16H,3-11H2,1-2H3,(H,17,18,19);/q;+1/p-1. The van der Waals surface area contributed by atoms with Gasteiger partial charge < -0.3 is 9.66 Å². The summed E-state index contributed by atoms with van der Waals surface area (Å²) in [5, 5.41) is 9.56. The number of hydrogen-bond acceptors (Lipinski definition) is 5. The zero-order valence-corrected chi connectivity index (χ0v) is 16.3.